The molecule has 0 saturated heterocycles. The van der Waals surface area contributed by atoms with Gasteiger partial charge < -0.3 is 0 Å². The van der Waals surface area contributed by atoms with Gasteiger partial charge in [0.05, 0.1) is 24.1 Å². The number of rotatable bonds is 6. The Morgan fingerprint density at radius 2 is 1.60 bits per heavy atom. The van der Waals surface area contributed by atoms with E-state index in [2.05, 4.69) is 7.94 Å². The minimum Gasteiger partial charge on any atom is -0.0538 e. The van der Waals surface area contributed by atoms with Gasteiger partial charge in [-0.25, -0.2) is 0 Å². The summed E-state index contributed by atoms with van der Waals surface area (Å²) in [5.74, 6) is 1.56. The molecule has 6 heteroatoms. The molecular weight excluding hydrogens is 191 g/mol. The van der Waals surface area contributed by atoms with Gasteiger partial charge in [0, 0.05) is 16.1 Å². The summed E-state index contributed by atoms with van der Waals surface area (Å²) in [6.45, 7) is 3.83. The average Bonchev–Trinajstić information content (AvgIpc) is 1.97. The molecule has 0 atom stereocenters. The molecule has 0 N–H and O–H groups in total. The van der Waals surface area contributed by atoms with E-state index < -0.39 is 8.25 Å². The Morgan fingerprint density at radius 1 is 1.20 bits per heavy atom. The van der Waals surface area contributed by atoms with Crippen molar-refractivity contribution in [2.45, 2.75) is 13.8 Å². The number of hydrogen-bond donors (Lipinski definition) is 0. The molecule has 0 spiro atoms. The van der Waals surface area contributed by atoms with Gasteiger partial charge in [0.15, 0.2) is 0 Å². The Morgan fingerprint density at radius 3 is 1.90 bits per heavy atom. The largest absolute Gasteiger partial charge is 0.722 e. The summed E-state index contributed by atoms with van der Waals surface area (Å²) in [5, 5.41) is 0. The van der Waals surface area contributed by atoms with E-state index in [1.54, 1.807) is 0 Å². The van der Waals surface area contributed by atoms with E-state index in [0.29, 0.717) is 0 Å². The van der Waals surface area contributed by atoms with Crippen LogP contribution in [0.25, 0.3) is 0 Å². The summed E-state index contributed by atoms with van der Waals surface area (Å²) < 4.78 is 20.0. The highest BCUT2D eigenvalue weighted by Gasteiger charge is 2.20. The quantitative estimate of drug-likeness (QED) is 0.487. The maximum Gasteiger partial charge on any atom is 0.722 e. The van der Waals surface area contributed by atoms with Crippen molar-refractivity contribution < 1.29 is 12.5 Å². The van der Waals surface area contributed by atoms with Crippen LogP contribution < -0.4 is 0 Å². The second-order valence-corrected chi connectivity index (χ2v) is 4.45. The first kappa shape index (κ1) is 10.7. The van der Waals surface area contributed by atoms with E-state index in [1.165, 1.54) is 0 Å². The van der Waals surface area contributed by atoms with Crippen molar-refractivity contribution in [3.05, 3.63) is 0 Å². The first-order valence-corrected chi connectivity index (χ1v) is 5.79. The molecule has 0 bridgehead atoms. The topological polar surface area (TPSA) is 35.5 Å². The van der Waals surface area contributed by atoms with Gasteiger partial charge in [-0.1, -0.05) is 13.8 Å². The van der Waals surface area contributed by atoms with Crippen LogP contribution in [-0.4, -0.2) is 11.5 Å². The molecule has 0 aliphatic carbocycles. The van der Waals surface area contributed by atoms with Crippen LogP contribution in [0.5, 0.6) is 0 Å². The van der Waals surface area contributed by atoms with Gasteiger partial charge in [0.2, 0.25) is 0 Å². The predicted molar refractivity (Wildman–Crippen MR) is 46.0 cm³/mol. The lowest BCUT2D eigenvalue weighted by Gasteiger charge is -1.83. The molecule has 3 nitrogen and oxygen atoms in total. The highest BCUT2D eigenvalue weighted by atomic mass is 32.2. The van der Waals surface area contributed by atoms with Crippen LogP contribution in [0, 0.1) is 0 Å². The Kier molecular flexibility index (Phi) is 8.39. The van der Waals surface area contributed by atoms with Crippen LogP contribution in [0.15, 0.2) is 0 Å². The zero-order valence-corrected chi connectivity index (χ0v) is 8.43. The fourth-order valence-corrected chi connectivity index (χ4v) is 2.06. The third-order valence-corrected chi connectivity index (χ3v) is 2.75. The molecule has 60 valence electrons. The van der Waals surface area contributed by atoms with E-state index in [4.69, 9.17) is 0 Å². The van der Waals surface area contributed by atoms with E-state index in [0.717, 1.165) is 35.6 Å². The minimum atomic E-state index is -1.92. The van der Waals surface area contributed by atoms with Gasteiger partial charge in [-0.15, -0.1) is 0 Å². The zero-order chi connectivity index (χ0) is 7.82. The van der Waals surface area contributed by atoms with Crippen molar-refractivity contribution in [3.8, 4) is 0 Å². The Bertz CT molecular complexity index is 90.5. The summed E-state index contributed by atoms with van der Waals surface area (Å²) in [5.41, 5.74) is 0. The van der Waals surface area contributed by atoms with Crippen molar-refractivity contribution in [1.29, 1.82) is 0 Å². The molecule has 0 aromatic heterocycles. The highest BCUT2D eigenvalue weighted by Crippen LogP contribution is 2.34. The Hall–Kier alpha value is 0.720. The SMILES string of the molecule is CCSO[P+](=O)OSCC. The molecule has 0 radical (unpaired) electrons. The van der Waals surface area contributed by atoms with Gasteiger partial charge in [-0.3, -0.25) is 0 Å². The first-order valence-electron chi connectivity index (χ1n) is 2.87. The highest BCUT2D eigenvalue weighted by molar-refractivity contribution is 8.00. The second-order valence-electron chi connectivity index (χ2n) is 1.19. The van der Waals surface area contributed by atoms with E-state index in [1.807, 2.05) is 13.8 Å². The normalized spacial score (nSPS) is 9.80. The molecule has 0 aromatic rings. The third-order valence-electron chi connectivity index (χ3n) is 0.463. The minimum absolute atomic E-state index is 0.779. The van der Waals surface area contributed by atoms with E-state index >= 15 is 0 Å². The smallest absolute Gasteiger partial charge is 0.0538 e. The van der Waals surface area contributed by atoms with Crippen molar-refractivity contribution >= 4 is 32.3 Å². The fraction of sp³-hybridized carbons (Fsp3) is 1.00. The molecule has 0 aliphatic rings. The zero-order valence-electron chi connectivity index (χ0n) is 5.90. The summed E-state index contributed by atoms with van der Waals surface area (Å²) in [7, 11) is -1.92. The second kappa shape index (κ2) is 7.82. The summed E-state index contributed by atoms with van der Waals surface area (Å²) in [6, 6.07) is 0. The molecule has 0 rings (SSSR count). The van der Waals surface area contributed by atoms with Crippen molar-refractivity contribution in [3.63, 3.8) is 0 Å². The van der Waals surface area contributed by atoms with Crippen LogP contribution in [0.4, 0.5) is 0 Å². The molecule has 0 amide bonds. The third kappa shape index (κ3) is 6.83. The van der Waals surface area contributed by atoms with E-state index in [9.17, 15) is 4.57 Å². The van der Waals surface area contributed by atoms with Gasteiger partial charge in [0.1, 0.15) is 0 Å². The maximum absolute atomic E-state index is 10.6. The molecule has 0 heterocycles. The standard InChI is InChI=1S/C4H10O3PS2/c1-3-9-6-8(5)7-10-4-2/h3-4H2,1-2H3/q+1. The fourth-order valence-electron chi connectivity index (χ4n) is 0.204. The van der Waals surface area contributed by atoms with Crippen LogP contribution in [0.1, 0.15) is 13.8 Å². The van der Waals surface area contributed by atoms with Crippen LogP contribution >= 0.6 is 32.3 Å². The van der Waals surface area contributed by atoms with Gasteiger partial charge >= 0.3 is 8.25 Å². The van der Waals surface area contributed by atoms with Crippen molar-refractivity contribution in [2.75, 3.05) is 11.5 Å². The lowest BCUT2D eigenvalue weighted by Crippen LogP contribution is -1.71. The van der Waals surface area contributed by atoms with Gasteiger partial charge in [-0.2, -0.15) is 0 Å². The molecule has 0 saturated carbocycles. The monoisotopic (exact) mass is 201 g/mol. The molecule has 0 fully saturated rings. The Labute approximate surface area is 70.6 Å². The van der Waals surface area contributed by atoms with Crippen LogP contribution in [-0.2, 0) is 12.5 Å². The lowest BCUT2D eigenvalue weighted by molar-refractivity contribution is 0.463. The summed E-state index contributed by atoms with van der Waals surface area (Å²) >= 11 is 2.29. The van der Waals surface area contributed by atoms with Gasteiger partial charge in [0.25, 0.3) is 0 Å². The predicted octanol–water partition coefficient (Wildman–Crippen LogP) is 3.01. The van der Waals surface area contributed by atoms with Crippen LogP contribution in [0.3, 0.4) is 0 Å². The van der Waals surface area contributed by atoms with Gasteiger partial charge in [-0.05, 0) is 7.94 Å². The lowest BCUT2D eigenvalue weighted by atomic mass is 11.0. The molecule has 0 aliphatic heterocycles. The van der Waals surface area contributed by atoms with E-state index in [-0.39, 0.29) is 0 Å². The molecule has 0 aromatic carbocycles. The van der Waals surface area contributed by atoms with Crippen LogP contribution in [0.2, 0.25) is 0 Å². The van der Waals surface area contributed by atoms with Crippen molar-refractivity contribution in [2.24, 2.45) is 0 Å². The molecule has 10 heavy (non-hydrogen) atoms. The molecular formula is C4H10O3PS2+. The summed E-state index contributed by atoms with van der Waals surface area (Å²) in [4.78, 5) is 0. The first-order chi connectivity index (χ1) is 4.81. The Balaban J connectivity index is 3.09. The molecule has 0 unspecified atom stereocenters. The average molecular weight is 201 g/mol. The number of hydrogen-bond acceptors (Lipinski definition) is 5. The summed E-state index contributed by atoms with van der Waals surface area (Å²) in [6.07, 6.45) is 0. The maximum atomic E-state index is 10.6. The van der Waals surface area contributed by atoms with Crippen molar-refractivity contribution in [1.82, 2.24) is 0 Å².